The molecule has 1 heterocycles. The van der Waals surface area contributed by atoms with E-state index in [0.29, 0.717) is 16.1 Å². The average Bonchev–Trinajstić information content (AvgIpc) is 2.96. The molecule has 0 fully saturated rings. The number of rotatable bonds is 3. The Hall–Kier alpha value is -2.85. The number of nitrogens with zero attached hydrogens (tertiary/aromatic N) is 1. The van der Waals surface area contributed by atoms with Gasteiger partial charge in [0.15, 0.2) is 0 Å². The molecule has 0 aliphatic heterocycles. The van der Waals surface area contributed by atoms with Crippen LogP contribution >= 0.6 is 0 Å². The summed E-state index contributed by atoms with van der Waals surface area (Å²) in [6.45, 7) is 3.92. The van der Waals surface area contributed by atoms with Crippen LogP contribution < -0.4 is 0 Å². The summed E-state index contributed by atoms with van der Waals surface area (Å²) in [6, 6.07) is 24.3. The molecule has 0 bridgehead atoms. The van der Waals surface area contributed by atoms with Crippen LogP contribution in [0.5, 0.6) is 0 Å². The molecule has 0 radical (unpaired) electrons. The minimum atomic E-state index is -3.72. The average molecular weight is 361 g/mol. The first kappa shape index (κ1) is 16.6. The maximum Gasteiger partial charge on any atom is 0.268 e. The summed E-state index contributed by atoms with van der Waals surface area (Å²) < 4.78 is 28.5. The minimum absolute atomic E-state index is 0.293. The Morgan fingerprint density at radius 1 is 0.731 bits per heavy atom. The summed E-state index contributed by atoms with van der Waals surface area (Å²) >= 11 is 0. The van der Waals surface area contributed by atoms with E-state index < -0.39 is 10.0 Å². The summed E-state index contributed by atoms with van der Waals surface area (Å²) in [7, 11) is -3.72. The molecule has 4 aromatic rings. The highest BCUT2D eigenvalue weighted by Gasteiger charge is 2.26. The van der Waals surface area contributed by atoms with Crippen LogP contribution in [0.2, 0.25) is 0 Å². The molecule has 0 aliphatic carbocycles. The molecule has 0 spiro atoms. The van der Waals surface area contributed by atoms with E-state index in [1.165, 1.54) is 3.97 Å². The van der Waals surface area contributed by atoms with Gasteiger partial charge in [0.05, 0.1) is 16.1 Å². The van der Waals surface area contributed by atoms with Crippen LogP contribution in [0, 0.1) is 13.8 Å². The highest BCUT2D eigenvalue weighted by Crippen LogP contribution is 2.36. The van der Waals surface area contributed by atoms with Crippen LogP contribution in [-0.4, -0.2) is 12.4 Å². The minimum Gasteiger partial charge on any atom is -0.233 e. The van der Waals surface area contributed by atoms with Gasteiger partial charge in [0, 0.05) is 5.39 Å². The molecule has 3 nitrogen and oxygen atoms in total. The van der Waals surface area contributed by atoms with Crippen LogP contribution in [0.3, 0.4) is 0 Å². The maximum absolute atomic E-state index is 13.5. The standard InChI is InChI=1S/C22H19NO2S/c1-16-12-14-19(15-13-16)26(24,25)23-21-11-7-6-10-20(21)17(2)22(23)18-8-4-3-5-9-18/h3-15H,1-2H3. The second kappa shape index (κ2) is 6.15. The molecule has 0 unspecified atom stereocenters. The van der Waals surface area contributed by atoms with E-state index in [-0.39, 0.29) is 0 Å². The summed E-state index contributed by atoms with van der Waals surface area (Å²) in [5, 5.41) is 0.946. The summed E-state index contributed by atoms with van der Waals surface area (Å²) in [5.74, 6) is 0. The van der Waals surface area contributed by atoms with Gasteiger partial charge in [-0.15, -0.1) is 0 Å². The van der Waals surface area contributed by atoms with Crippen LogP contribution in [0.4, 0.5) is 0 Å². The lowest BCUT2D eigenvalue weighted by Gasteiger charge is -2.13. The van der Waals surface area contributed by atoms with Crippen molar-refractivity contribution in [2.75, 3.05) is 0 Å². The van der Waals surface area contributed by atoms with Gasteiger partial charge < -0.3 is 0 Å². The van der Waals surface area contributed by atoms with Gasteiger partial charge in [0.2, 0.25) is 0 Å². The molecule has 4 rings (SSSR count). The summed E-state index contributed by atoms with van der Waals surface area (Å²) in [5.41, 5.74) is 4.29. The van der Waals surface area contributed by atoms with Gasteiger partial charge in [-0.2, -0.15) is 0 Å². The SMILES string of the molecule is Cc1ccc(S(=O)(=O)n2c(-c3ccccc3)c(C)c3ccccc32)cc1. The molecule has 0 saturated carbocycles. The zero-order valence-corrected chi connectivity index (χ0v) is 15.5. The molecule has 0 N–H and O–H groups in total. The van der Waals surface area contributed by atoms with Crippen LogP contribution in [0.1, 0.15) is 11.1 Å². The van der Waals surface area contributed by atoms with Crippen molar-refractivity contribution in [3.05, 3.63) is 90.0 Å². The van der Waals surface area contributed by atoms with Crippen molar-refractivity contribution in [1.82, 2.24) is 3.97 Å². The van der Waals surface area contributed by atoms with Crippen molar-refractivity contribution < 1.29 is 8.42 Å². The topological polar surface area (TPSA) is 39.1 Å². The fourth-order valence-corrected chi connectivity index (χ4v) is 4.95. The summed E-state index contributed by atoms with van der Waals surface area (Å²) in [4.78, 5) is 0.293. The molecule has 130 valence electrons. The number of fused-ring (bicyclic) bond motifs is 1. The molecule has 4 heteroatoms. The van der Waals surface area contributed by atoms with E-state index in [0.717, 1.165) is 22.1 Å². The first-order chi connectivity index (χ1) is 12.5. The first-order valence-corrected chi connectivity index (χ1v) is 9.92. The number of hydrogen-bond donors (Lipinski definition) is 0. The predicted octanol–water partition coefficient (Wildman–Crippen LogP) is 5.16. The third-order valence-electron chi connectivity index (χ3n) is 4.69. The van der Waals surface area contributed by atoms with Gasteiger partial charge in [-0.3, -0.25) is 0 Å². The van der Waals surface area contributed by atoms with E-state index in [9.17, 15) is 8.42 Å². The zero-order chi connectivity index (χ0) is 18.3. The van der Waals surface area contributed by atoms with E-state index in [2.05, 4.69) is 0 Å². The number of para-hydroxylation sites is 1. The lowest BCUT2D eigenvalue weighted by molar-refractivity contribution is 0.589. The lowest BCUT2D eigenvalue weighted by Crippen LogP contribution is -2.14. The monoisotopic (exact) mass is 361 g/mol. The Morgan fingerprint density at radius 2 is 1.35 bits per heavy atom. The Labute approximate surface area is 153 Å². The fraction of sp³-hybridized carbons (Fsp3) is 0.0909. The smallest absolute Gasteiger partial charge is 0.233 e. The molecular weight excluding hydrogens is 342 g/mol. The van der Waals surface area contributed by atoms with Gasteiger partial charge in [-0.05, 0) is 43.2 Å². The van der Waals surface area contributed by atoms with Gasteiger partial charge in [-0.1, -0.05) is 66.2 Å². The van der Waals surface area contributed by atoms with Gasteiger partial charge >= 0.3 is 0 Å². The highest BCUT2D eigenvalue weighted by molar-refractivity contribution is 7.90. The van der Waals surface area contributed by atoms with Crippen LogP contribution in [0.25, 0.3) is 22.2 Å². The Balaban J connectivity index is 2.10. The number of benzene rings is 3. The third-order valence-corrected chi connectivity index (χ3v) is 6.42. The second-order valence-corrected chi connectivity index (χ2v) is 8.23. The van der Waals surface area contributed by atoms with Crippen molar-refractivity contribution in [2.45, 2.75) is 18.7 Å². The largest absolute Gasteiger partial charge is 0.268 e. The van der Waals surface area contributed by atoms with E-state index >= 15 is 0 Å². The van der Waals surface area contributed by atoms with E-state index in [4.69, 9.17) is 0 Å². The molecular formula is C22H19NO2S. The van der Waals surface area contributed by atoms with Gasteiger partial charge in [-0.25, -0.2) is 12.4 Å². The van der Waals surface area contributed by atoms with Crippen molar-refractivity contribution in [1.29, 1.82) is 0 Å². The highest BCUT2D eigenvalue weighted by atomic mass is 32.2. The zero-order valence-electron chi connectivity index (χ0n) is 14.7. The normalized spacial score (nSPS) is 11.8. The molecule has 0 saturated heterocycles. The quantitative estimate of drug-likeness (QED) is 0.505. The van der Waals surface area contributed by atoms with Crippen LogP contribution in [-0.2, 0) is 10.0 Å². The Morgan fingerprint density at radius 3 is 2.04 bits per heavy atom. The fourth-order valence-electron chi connectivity index (χ4n) is 3.36. The van der Waals surface area contributed by atoms with Crippen molar-refractivity contribution in [3.63, 3.8) is 0 Å². The Kier molecular flexibility index (Phi) is 3.93. The third kappa shape index (κ3) is 2.54. The van der Waals surface area contributed by atoms with Crippen molar-refractivity contribution in [3.8, 4) is 11.3 Å². The first-order valence-electron chi connectivity index (χ1n) is 8.48. The second-order valence-electron chi connectivity index (χ2n) is 6.44. The molecule has 0 aliphatic rings. The predicted molar refractivity (Wildman–Crippen MR) is 106 cm³/mol. The maximum atomic E-state index is 13.5. The number of hydrogen-bond acceptors (Lipinski definition) is 2. The Bertz CT molecular complexity index is 1190. The number of aryl methyl sites for hydroxylation is 2. The molecule has 26 heavy (non-hydrogen) atoms. The van der Waals surface area contributed by atoms with Gasteiger partial charge in [0.1, 0.15) is 0 Å². The van der Waals surface area contributed by atoms with E-state index in [1.807, 2.05) is 80.6 Å². The van der Waals surface area contributed by atoms with E-state index in [1.54, 1.807) is 12.1 Å². The molecule has 0 atom stereocenters. The lowest BCUT2D eigenvalue weighted by atomic mass is 10.1. The molecule has 1 aromatic heterocycles. The van der Waals surface area contributed by atoms with Crippen molar-refractivity contribution in [2.24, 2.45) is 0 Å². The van der Waals surface area contributed by atoms with Gasteiger partial charge in [0.25, 0.3) is 10.0 Å². The van der Waals surface area contributed by atoms with Crippen LogP contribution in [0.15, 0.2) is 83.8 Å². The van der Waals surface area contributed by atoms with Crippen molar-refractivity contribution >= 4 is 20.9 Å². The summed E-state index contributed by atoms with van der Waals surface area (Å²) in [6.07, 6.45) is 0. The number of aromatic nitrogens is 1. The molecule has 3 aromatic carbocycles. The molecule has 0 amide bonds.